The molecule has 4 rings (SSSR count). The third kappa shape index (κ3) is 6.35. The van der Waals surface area contributed by atoms with Crippen LogP contribution in [-0.2, 0) is 27.2 Å². The number of hydrogen-bond acceptors (Lipinski definition) is 7. The number of aryl methyl sites for hydroxylation is 1. The number of piperazine rings is 1. The summed E-state index contributed by atoms with van der Waals surface area (Å²) >= 11 is 1.54. The summed E-state index contributed by atoms with van der Waals surface area (Å²) in [5.41, 5.74) is 1.72. The number of thiophene rings is 1. The van der Waals surface area contributed by atoms with Gasteiger partial charge in [0.2, 0.25) is 11.8 Å². The van der Waals surface area contributed by atoms with Gasteiger partial charge in [-0.2, -0.15) is 0 Å². The fraction of sp³-hybridized carbons (Fsp3) is 0.708. The Hall–Kier alpha value is -2.01. The first-order chi connectivity index (χ1) is 16.5. The molecule has 1 aromatic rings. The van der Waals surface area contributed by atoms with Gasteiger partial charge < -0.3 is 20.7 Å². The third-order valence-corrected chi connectivity index (χ3v) is 8.08. The van der Waals surface area contributed by atoms with Gasteiger partial charge in [-0.3, -0.25) is 24.2 Å². The quantitative estimate of drug-likeness (QED) is 0.426. The number of nitrogens with one attached hydrogen (secondary N) is 3. The summed E-state index contributed by atoms with van der Waals surface area (Å²) in [6.07, 6.45) is 6.20. The lowest BCUT2D eigenvalue weighted by molar-refractivity contribution is -0.127. The zero-order chi connectivity index (χ0) is 24.1. The highest BCUT2D eigenvalue weighted by Crippen LogP contribution is 2.38. The average molecular weight is 492 g/mol. The molecule has 34 heavy (non-hydrogen) atoms. The number of nitrogens with zero attached hydrogens (tertiary/aromatic N) is 2. The van der Waals surface area contributed by atoms with E-state index in [9.17, 15) is 14.4 Å². The summed E-state index contributed by atoms with van der Waals surface area (Å²) in [7, 11) is 1.60. The van der Waals surface area contributed by atoms with Gasteiger partial charge in [-0.05, 0) is 51.0 Å². The van der Waals surface area contributed by atoms with E-state index in [1.165, 1.54) is 4.88 Å². The van der Waals surface area contributed by atoms with Crippen LogP contribution in [0.1, 0.15) is 53.4 Å². The van der Waals surface area contributed by atoms with E-state index in [4.69, 9.17) is 4.74 Å². The minimum atomic E-state index is -0.145. The van der Waals surface area contributed by atoms with Gasteiger partial charge in [-0.25, -0.2) is 0 Å². The lowest BCUT2D eigenvalue weighted by Gasteiger charge is -2.37. The van der Waals surface area contributed by atoms with Crippen molar-refractivity contribution in [2.45, 2.75) is 57.5 Å². The molecule has 188 valence electrons. The number of fused-ring (bicyclic) bond motifs is 1. The summed E-state index contributed by atoms with van der Waals surface area (Å²) in [6.45, 7) is 6.11. The predicted molar refractivity (Wildman–Crippen MR) is 132 cm³/mol. The van der Waals surface area contributed by atoms with Crippen LogP contribution in [0.2, 0.25) is 0 Å². The highest BCUT2D eigenvalue weighted by Gasteiger charge is 2.31. The largest absolute Gasteiger partial charge is 0.383 e. The van der Waals surface area contributed by atoms with Crippen molar-refractivity contribution in [3.63, 3.8) is 0 Å². The summed E-state index contributed by atoms with van der Waals surface area (Å²) in [5.74, 6) is -0.136. The third-order valence-electron chi connectivity index (χ3n) is 6.87. The van der Waals surface area contributed by atoms with E-state index in [1.54, 1.807) is 18.4 Å². The molecule has 3 amide bonds. The fourth-order valence-electron chi connectivity index (χ4n) is 4.64. The molecule has 1 aromatic heterocycles. The number of rotatable bonds is 10. The lowest BCUT2D eigenvalue weighted by Crippen LogP contribution is -2.55. The van der Waals surface area contributed by atoms with Gasteiger partial charge in [-0.1, -0.05) is 0 Å². The number of amides is 3. The van der Waals surface area contributed by atoms with Crippen molar-refractivity contribution in [1.29, 1.82) is 0 Å². The van der Waals surface area contributed by atoms with Gasteiger partial charge in [0.25, 0.3) is 5.91 Å². The Morgan fingerprint density at radius 1 is 1.12 bits per heavy atom. The predicted octanol–water partition coefficient (Wildman–Crippen LogP) is 1.23. The van der Waals surface area contributed by atoms with Crippen molar-refractivity contribution in [3.8, 4) is 0 Å². The summed E-state index contributed by atoms with van der Waals surface area (Å²) in [5, 5.41) is 9.69. The van der Waals surface area contributed by atoms with Crippen LogP contribution >= 0.6 is 11.3 Å². The summed E-state index contributed by atoms with van der Waals surface area (Å²) < 4.78 is 5.04. The number of methoxy groups -OCH3 is 1. The van der Waals surface area contributed by atoms with Crippen LogP contribution in [0.5, 0.6) is 0 Å². The van der Waals surface area contributed by atoms with E-state index in [-0.39, 0.29) is 30.3 Å². The lowest BCUT2D eigenvalue weighted by atomic mass is 9.95. The SMILES string of the molecule is COCCNC(=O)c1c(NC(=O)CN2CCN(C(C)C(=O)NC3CC3)CC2)sc2c1CCCC2. The number of ether oxygens (including phenoxy) is 1. The van der Waals surface area contributed by atoms with Crippen molar-refractivity contribution in [2.24, 2.45) is 0 Å². The smallest absolute Gasteiger partial charge is 0.254 e. The maximum Gasteiger partial charge on any atom is 0.254 e. The molecule has 2 fully saturated rings. The van der Waals surface area contributed by atoms with E-state index < -0.39 is 0 Å². The van der Waals surface area contributed by atoms with Crippen molar-refractivity contribution < 1.29 is 19.1 Å². The molecule has 0 radical (unpaired) electrons. The number of carbonyl (C=O) groups is 3. The molecule has 1 aliphatic heterocycles. The Labute approximate surface area is 205 Å². The molecule has 1 saturated carbocycles. The molecule has 0 bridgehead atoms. The van der Waals surface area contributed by atoms with Gasteiger partial charge in [0.15, 0.2) is 0 Å². The Morgan fingerprint density at radius 2 is 1.85 bits per heavy atom. The first-order valence-electron chi connectivity index (χ1n) is 12.4. The molecule has 3 N–H and O–H groups in total. The van der Waals surface area contributed by atoms with Crippen LogP contribution in [0.15, 0.2) is 0 Å². The highest BCUT2D eigenvalue weighted by atomic mass is 32.1. The molecule has 1 atom stereocenters. The van der Waals surface area contributed by atoms with Gasteiger partial charge >= 0.3 is 0 Å². The average Bonchev–Trinajstić information content (AvgIpc) is 3.57. The van der Waals surface area contributed by atoms with E-state index in [1.807, 2.05) is 6.92 Å². The maximum absolute atomic E-state index is 12.9. The summed E-state index contributed by atoms with van der Waals surface area (Å²) in [6, 6.07) is 0.225. The second-order valence-electron chi connectivity index (χ2n) is 9.48. The minimum absolute atomic E-state index is 0.0995. The van der Waals surface area contributed by atoms with E-state index in [0.717, 1.165) is 70.3 Å². The highest BCUT2D eigenvalue weighted by molar-refractivity contribution is 7.17. The van der Waals surface area contributed by atoms with Crippen molar-refractivity contribution in [1.82, 2.24) is 20.4 Å². The zero-order valence-corrected chi connectivity index (χ0v) is 21.1. The monoisotopic (exact) mass is 491 g/mol. The molecule has 2 heterocycles. The van der Waals surface area contributed by atoms with Crippen LogP contribution in [0, 0.1) is 0 Å². The van der Waals surface area contributed by atoms with Crippen LogP contribution in [0.3, 0.4) is 0 Å². The second kappa shape index (κ2) is 11.6. The van der Waals surface area contributed by atoms with E-state index >= 15 is 0 Å². The topological polar surface area (TPSA) is 103 Å². The number of carbonyl (C=O) groups excluding carboxylic acids is 3. The number of hydrogen-bond donors (Lipinski definition) is 3. The Morgan fingerprint density at radius 3 is 2.56 bits per heavy atom. The van der Waals surface area contributed by atoms with Gasteiger partial charge in [0.05, 0.1) is 24.8 Å². The molecule has 1 saturated heterocycles. The first-order valence-corrected chi connectivity index (χ1v) is 13.3. The Bertz CT molecular complexity index is 892. The Balaban J connectivity index is 1.31. The molecule has 1 unspecified atom stereocenters. The normalized spacial score (nSPS) is 19.8. The molecule has 0 aromatic carbocycles. The molecular weight excluding hydrogens is 454 g/mol. The zero-order valence-electron chi connectivity index (χ0n) is 20.3. The summed E-state index contributed by atoms with van der Waals surface area (Å²) in [4.78, 5) is 43.7. The van der Waals surface area contributed by atoms with Crippen molar-refractivity contribution in [2.75, 3.05) is 58.3 Å². The minimum Gasteiger partial charge on any atom is -0.383 e. The van der Waals surface area contributed by atoms with Gasteiger partial charge in [0, 0.05) is 50.8 Å². The number of anilines is 1. The van der Waals surface area contributed by atoms with E-state index in [2.05, 4.69) is 25.8 Å². The first kappa shape index (κ1) is 25.1. The Kier molecular flexibility index (Phi) is 8.57. The van der Waals surface area contributed by atoms with Gasteiger partial charge in [0.1, 0.15) is 5.00 Å². The molecule has 9 nitrogen and oxygen atoms in total. The second-order valence-corrected chi connectivity index (χ2v) is 10.6. The molecule has 0 spiro atoms. The van der Waals surface area contributed by atoms with E-state index in [0.29, 0.717) is 29.8 Å². The molecule has 3 aliphatic rings. The van der Waals surface area contributed by atoms with Crippen LogP contribution < -0.4 is 16.0 Å². The van der Waals surface area contributed by atoms with Crippen LogP contribution in [0.25, 0.3) is 0 Å². The molecular formula is C24H37N5O4S. The maximum atomic E-state index is 12.9. The fourth-order valence-corrected chi connectivity index (χ4v) is 5.95. The van der Waals surface area contributed by atoms with Crippen molar-refractivity contribution >= 4 is 34.1 Å². The van der Waals surface area contributed by atoms with Crippen LogP contribution in [-0.4, -0.2) is 92.6 Å². The van der Waals surface area contributed by atoms with Crippen molar-refractivity contribution in [3.05, 3.63) is 16.0 Å². The standard InChI is InChI=1S/C24H37N5O4S/c1-16(22(31)26-17-7-8-17)29-12-10-28(11-13-29)15-20(30)27-24-21(23(32)25-9-14-33-2)18-5-3-4-6-19(18)34-24/h16-17H,3-15H2,1-2H3,(H,25,32)(H,26,31)(H,27,30). The molecule has 2 aliphatic carbocycles. The van der Waals surface area contributed by atoms with Crippen LogP contribution in [0.4, 0.5) is 5.00 Å². The van der Waals surface area contributed by atoms with Gasteiger partial charge in [-0.15, -0.1) is 11.3 Å². The molecule has 10 heteroatoms.